The maximum Gasteiger partial charge on any atom is 0.407 e. The third-order valence-corrected chi connectivity index (χ3v) is 5.62. The second kappa shape index (κ2) is 7.91. The predicted molar refractivity (Wildman–Crippen MR) is 120 cm³/mol. The molecule has 2 N–H and O–H groups in total. The van der Waals surface area contributed by atoms with Gasteiger partial charge in [0.05, 0.1) is 5.52 Å². The van der Waals surface area contributed by atoms with E-state index in [-0.39, 0.29) is 5.92 Å². The molecule has 0 radical (unpaired) electrons. The third kappa shape index (κ3) is 3.37. The molecule has 30 heavy (non-hydrogen) atoms. The van der Waals surface area contributed by atoms with Crippen molar-refractivity contribution in [2.75, 3.05) is 13.2 Å². The zero-order valence-electron chi connectivity index (χ0n) is 16.5. The molecule has 4 nitrogen and oxygen atoms in total. The maximum atomic E-state index is 12.2. The molecular weight excluding hydrogens is 372 g/mol. The number of aromatic nitrogens is 1. The van der Waals surface area contributed by atoms with Gasteiger partial charge in [-0.05, 0) is 39.3 Å². The second-order valence-corrected chi connectivity index (χ2v) is 7.40. The number of hydrogen-bond acceptors (Lipinski definition) is 2. The number of fused-ring (bicyclic) bond motifs is 4. The van der Waals surface area contributed by atoms with Crippen LogP contribution in [0, 0.1) is 0 Å². The number of alkyl carbamates (subject to hydrolysis) is 1. The fourth-order valence-corrected chi connectivity index (χ4v) is 4.23. The van der Waals surface area contributed by atoms with Gasteiger partial charge in [-0.15, -0.1) is 0 Å². The molecule has 1 aliphatic carbocycles. The van der Waals surface area contributed by atoms with E-state index in [9.17, 15) is 4.79 Å². The van der Waals surface area contributed by atoms with Crippen molar-refractivity contribution < 1.29 is 9.53 Å². The minimum atomic E-state index is -0.403. The topological polar surface area (TPSA) is 54.1 Å². The Balaban J connectivity index is 1.20. The molecule has 0 aliphatic heterocycles. The highest BCUT2D eigenvalue weighted by Gasteiger charge is 2.28. The minimum absolute atomic E-state index is 0.0733. The number of hydrogen-bond donors (Lipinski definition) is 2. The highest BCUT2D eigenvalue weighted by atomic mass is 16.5. The number of aromatic amines is 1. The van der Waals surface area contributed by atoms with Gasteiger partial charge >= 0.3 is 6.09 Å². The van der Waals surface area contributed by atoms with E-state index in [1.54, 1.807) is 0 Å². The SMILES string of the molecule is O=C(NCC=Cc1cccc2cc[nH]c12)OCC1c2ccccc2-c2ccccc21. The first-order valence-electron chi connectivity index (χ1n) is 10.1. The molecule has 0 unspecified atom stereocenters. The van der Waals surface area contributed by atoms with Crippen molar-refractivity contribution in [1.82, 2.24) is 10.3 Å². The van der Waals surface area contributed by atoms with Crippen molar-refractivity contribution in [2.24, 2.45) is 0 Å². The fraction of sp³-hybridized carbons (Fsp3) is 0.115. The Bertz CT molecular complexity index is 1190. The van der Waals surface area contributed by atoms with Gasteiger partial charge in [-0.1, -0.05) is 78.9 Å². The normalized spacial score (nSPS) is 12.8. The van der Waals surface area contributed by atoms with Crippen LogP contribution in [-0.4, -0.2) is 24.2 Å². The van der Waals surface area contributed by atoms with Crippen LogP contribution in [0.3, 0.4) is 0 Å². The Morgan fingerprint density at radius 1 is 0.933 bits per heavy atom. The zero-order chi connectivity index (χ0) is 20.3. The van der Waals surface area contributed by atoms with E-state index >= 15 is 0 Å². The van der Waals surface area contributed by atoms with E-state index in [1.165, 1.54) is 27.6 Å². The third-order valence-electron chi connectivity index (χ3n) is 5.62. The summed E-state index contributed by atoms with van der Waals surface area (Å²) in [5.74, 6) is 0.0733. The second-order valence-electron chi connectivity index (χ2n) is 7.40. The minimum Gasteiger partial charge on any atom is -0.449 e. The summed E-state index contributed by atoms with van der Waals surface area (Å²) in [6.45, 7) is 0.735. The number of amides is 1. The summed E-state index contributed by atoms with van der Waals surface area (Å²) in [6, 6.07) is 24.8. The van der Waals surface area contributed by atoms with Crippen LogP contribution >= 0.6 is 0 Å². The molecule has 148 valence electrons. The number of carbonyl (C=O) groups excluding carboxylic acids is 1. The summed E-state index contributed by atoms with van der Waals surface area (Å²) in [5, 5.41) is 3.98. The van der Waals surface area contributed by atoms with Crippen molar-refractivity contribution in [2.45, 2.75) is 5.92 Å². The van der Waals surface area contributed by atoms with Gasteiger partial charge in [0.1, 0.15) is 6.61 Å². The number of carbonyl (C=O) groups is 1. The first-order chi connectivity index (χ1) is 14.8. The fourth-order valence-electron chi connectivity index (χ4n) is 4.23. The van der Waals surface area contributed by atoms with Crippen molar-refractivity contribution in [3.05, 3.63) is 102 Å². The van der Waals surface area contributed by atoms with Crippen LogP contribution in [0.15, 0.2) is 85.1 Å². The van der Waals surface area contributed by atoms with E-state index < -0.39 is 6.09 Å². The van der Waals surface area contributed by atoms with Crippen LogP contribution in [0.2, 0.25) is 0 Å². The first kappa shape index (κ1) is 18.3. The van der Waals surface area contributed by atoms with Crippen molar-refractivity contribution >= 4 is 23.1 Å². The van der Waals surface area contributed by atoms with Gasteiger partial charge in [-0.25, -0.2) is 4.79 Å². The summed E-state index contributed by atoms with van der Waals surface area (Å²) >= 11 is 0. The first-order valence-corrected chi connectivity index (χ1v) is 10.1. The summed E-state index contributed by atoms with van der Waals surface area (Å²) in [6.07, 6.45) is 5.45. The lowest BCUT2D eigenvalue weighted by Crippen LogP contribution is -2.26. The lowest BCUT2D eigenvalue weighted by atomic mass is 9.98. The van der Waals surface area contributed by atoms with Gasteiger partial charge in [0.15, 0.2) is 0 Å². The Hall–Kier alpha value is -3.79. The molecule has 0 bridgehead atoms. The van der Waals surface area contributed by atoms with E-state index in [2.05, 4.69) is 40.6 Å². The molecule has 0 saturated heterocycles. The zero-order valence-corrected chi connectivity index (χ0v) is 16.5. The van der Waals surface area contributed by atoms with Crippen molar-refractivity contribution in [1.29, 1.82) is 0 Å². The molecule has 5 rings (SSSR count). The van der Waals surface area contributed by atoms with E-state index in [4.69, 9.17) is 4.74 Å². The molecule has 1 amide bonds. The van der Waals surface area contributed by atoms with Gasteiger partial charge in [0.2, 0.25) is 0 Å². The lowest BCUT2D eigenvalue weighted by molar-refractivity contribution is 0.144. The Kier molecular flexibility index (Phi) is 4.81. The standard InChI is InChI=1S/C26H22N2O2/c29-26(28-15-6-9-18-7-5-8-19-14-16-27-25(18)19)30-17-24-22-12-3-1-10-20(22)21-11-2-4-13-23(21)24/h1-14,16,24,27H,15,17H2,(H,28,29). The summed E-state index contributed by atoms with van der Waals surface area (Å²) in [4.78, 5) is 15.5. The number of benzene rings is 3. The molecule has 0 saturated carbocycles. The van der Waals surface area contributed by atoms with Crippen LogP contribution in [0.4, 0.5) is 4.79 Å². The van der Waals surface area contributed by atoms with Gasteiger partial charge in [0.25, 0.3) is 0 Å². The van der Waals surface area contributed by atoms with Gasteiger partial charge in [-0.3, -0.25) is 0 Å². The quantitative estimate of drug-likeness (QED) is 0.455. The van der Waals surface area contributed by atoms with Gasteiger partial charge in [0, 0.05) is 18.7 Å². The van der Waals surface area contributed by atoms with Gasteiger partial charge in [-0.2, -0.15) is 0 Å². The smallest absolute Gasteiger partial charge is 0.407 e. The van der Waals surface area contributed by atoms with E-state index in [0.717, 1.165) is 11.1 Å². The van der Waals surface area contributed by atoms with Gasteiger partial charge < -0.3 is 15.0 Å². The molecule has 0 atom stereocenters. The van der Waals surface area contributed by atoms with Crippen molar-refractivity contribution in [3.8, 4) is 11.1 Å². The van der Waals surface area contributed by atoms with Crippen LogP contribution in [0.25, 0.3) is 28.1 Å². The highest BCUT2D eigenvalue weighted by Crippen LogP contribution is 2.44. The average Bonchev–Trinajstić information content (AvgIpc) is 3.39. The van der Waals surface area contributed by atoms with Crippen LogP contribution in [-0.2, 0) is 4.74 Å². The van der Waals surface area contributed by atoms with E-state index in [0.29, 0.717) is 13.2 Å². The number of nitrogens with one attached hydrogen (secondary N) is 2. The van der Waals surface area contributed by atoms with Crippen LogP contribution in [0.5, 0.6) is 0 Å². The van der Waals surface area contributed by atoms with Crippen molar-refractivity contribution in [3.63, 3.8) is 0 Å². The molecular formula is C26H22N2O2. The van der Waals surface area contributed by atoms with E-state index in [1.807, 2.05) is 60.8 Å². The highest BCUT2D eigenvalue weighted by molar-refractivity contribution is 5.87. The number of ether oxygens (including phenoxy) is 1. The summed E-state index contributed by atoms with van der Waals surface area (Å²) < 4.78 is 5.56. The number of para-hydroxylation sites is 1. The Morgan fingerprint density at radius 2 is 1.67 bits per heavy atom. The molecule has 0 spiro atoms. The summed E-state index contributed by atoms with van der Waals surface area (Å²) in [7, 11) is 0. The number of rotatable bonds is 5. The summed E-state index contributed by atoms with van der Waals surface area (Å²) in [5.41, 5.74) is 7.06. The Morgan fingerprint density at radius 3 is 2.43 bits per heavy atom. The number of H-pyrrole nitrogens is 1. The lowest BCUT2D eigenvalue weighted by Gasteiger charge is -2.14. The van der Waals surface area contributed by atoms with Crippen LogP contribution in [0.1, 0.15) is 22.6 Å². The molecule has 4 heteroatoms. The average molecular weight is 394 g/mol. The van der Waals surface area contributed by atoms with Crippen LogP contribution < -0.4 is 5.32 Å². The molecule has 1 aromatic heterocycles. The monoisotopic (exact) mass is 394 g/mol. The largest absolute Gasteiger partial charge is 0.449 e. The maximum absolute atomic E-state index is 12.2. The predicted octanol–water partition coefficient (Wildman–Crippen LogP) is 5.72. The molecule has 0 fully saturated rings. The molecule has 4 aromatic rings. The Labute approximate surface area is 175 Å². The molecule has 1 aliphatic rings. The molecule has 3 aromatic carbocycles. The molecule has 1 heterocycles.